The molecule has 0 unspecified atom stereocenters. The van der Waals surface area contributed by atoms with E-state index in [1.54, 1.807) is 14.2 Å². The minimum Gasteiger partial charge on any atom is -0.375 e. The maximum absolute atomic E-state index is 11.8. The van der Waals surface area contributed by atoms with Gasteiger partial charge in [-0.2, -0.15) is 4.31 Å². The molecule has 1 aromatic heterocycles. The Labute approximate surface area is 113 Å². The lowest BCUT2D eigenvalue weighted by molar-refractivity contribution is 0.119. The first kappa shape index (κ1) is 15.6. The molecule has 7 heteroatoms. The topological polar surface area (TPSA) is 59.5 Å². The summed E-state index contributed by atoms with van der Waals surface area (Å²) in [4.78, 5) is 4.38. The summed E-state index contributed by atoms with van der Waals surface area (Å²) in [5.41, 5.74) is 0.765. The van der Waals surface area contributed by atoms with Crippen LogP contribution in [0, 0.1) is 0 Å². The van der Waals surface area contributed by atoms with Crippen molar-refractivity contribution in [2.75, 3.05) is 19.9 Å². The molecule has 1 aromatic rings. The smallest absolute Gasteiger partial charge is 0.214 e. The van der Waals surface area contributed by atoms with Crippen molar-refractivity contribution in [3.63, 3.8) is 0 Å². The van der Waals surface area contributed by atoms with Crippen molar-refractivity contribution >= 4 is 21.4 Å². The monoisotopic (exact) mass is 292 g/mol. The predicted octanol–water partition coefficient (Wildman–Crippen LogP) is 2.02. The summed E-state index contributed by atoms with van der Waals surface area (Å²) < 4.78 is 30.1. The Morgan fingerprint density at radius 3 is 2.78 bits per heavy atom. The van der Waals surface area contributed by atoms with Gasteiger partial charge in [-0.15, -0.1) is 11.3 Å². The van der Waals surface area contributed by atoms with Crippen LogP contribution in [0.25, 0.3) is 0 Å². The van der Waals surface area contributed by atoms with E-state index in [0.717, 1.165) is 10.7 Å². The predicted molar refractivity (Wildman–Crippen MR) is 73.1 cm³/mol. The van der Waals surface area contributed by atoms with Gasteiger partial charge < -0.3 is 4.74 Å². The molecule has 0 amide bonds. The number of thiazole rings is 1. The summed E-state index contributed by atoms with van der Waals surface area (Å²) in [5, 5.41) is 2.75. The quantitative estimate of drug-likeness (QED) is 0.771. The SMILES string of the molecule is CCCS(=O)(=O)N(C)Cc1csc([C@@H](C)OC)n1. The number of hydrogen-bond acceptors (Lipinski definition) is 5. The number of rotatable bonds is 7. The molecule has 1 atom stereocenters. The Morgan fingerprint density at radius 2 is 2.22 bits per heavy atom. The van der Waals surface area contributed by atoms with Crippen molar-refractivity contribution in [2.45, 2.75) is 32.9 Å². The van der Waals surface area contributed by atoms with Gasteiger partial charge in [-0.1, -0.05) is 6.92 Å². The van der Waals surface area contributed by atoms with Crippen molar-refractivity contribution in [1.82, 2.24) is 9.29 Å². The molecule has 5 nitrogen and oxygen atoms in total. The van der Waals surface area contributed by atoms with Gasteiger partial charge in [0.15, 0.2) is 0 Å². The maximum Gasteiger partial charge on any atom is 0.214 e. The average molecular weight is 292 g/mol. The van der Waals surface area contributed by atoms with Crippen LogP contribution in [0.5, 0.6) is 0 Å². The highest BCUT2D eigenvalue weighted by Gasteiger charge is 2.18. The first-order valence-corrected chi connectivity index (χ1v) is 8.30. The first-order valence-electron chi connectivity index (χ1n) is 5.81. The minimum absolute atomic E-state index is 0.0543. The largest absolute Gasteiger partial charge is 0.375 e. The maximum atomic E-state index is 11.8. The Morgan fingerprint density at radius 1 is 1.56 bits per heavy atom. The van der Waals surface area contributed by atoms with E-state index in [9.17, 15) is 8.42 Å². The Kier molecular flexibility index (Phi) is 5.71. The molecule has 0 saturated heterocycles. The summed E-state index contributed by atoms with van der Waals surface area (Å²) in [6.07, 6.45) is 0.566. The second-order valence-electron chi connectivity index (χ2n) is 4.13. The summed E-state index contributed by atoms with van der Waals surface area (Å²) in [6.45, 7) is 4.09. The molecule has 0 bridgehead atoms. The van der Waals surface area contributed by atoms with Gasteiger partial charge in [-0.3, -0.25) is 0 Å². The number of sulfonamides is 1. The zero-order chi connectivity index (χ0) is 13.8. The van der Waals surface area contributed by atoms with E-state index in [1.807, 2.05) is 19.2 Å². The molecular formula is C11H20N2O3S2. The van der Waals surface area contributed by atoms with Gasteiger partial charge in [0.2, 0.25) is 10.0 Å². The van der Waals surface area contributed by atoms with Crippen LogP contribution in [0.4, 0.5) is 0 Å². The highest BCUT2D eigenvalue weighted by molar-refractivity contribution is 7.89. The van der Waals surface area contributed by atoms with Gasteiger partial charge in [-0.05, 0) is 13.3 Å². The zero-order valence-corrected chi connectivity index (χ0v) is 12.8. The van der Waals surface area contributed by atoms with Crippen molar-refractivity contribution in [3.05, 3.63) is 16.1 Å². The molecule has 0 spiro atoms. The van der Waals surface area contributed by atoms with Gasteiger partial charge in [-0.25, -0.2) is 13.4 Å². The van der Waals surface area contributed by atoms with Crippen molar-refractivity contribution in [2.24, 2.45) is 0 Å². The Hall–Kier alpha value is -0.500. The normalized spacial score (nSPS) is 14.1. The fourth-order valence-corrected chi connectivity index (χ4v) is 3.42. The molecule has 0 N–H and O–H groups in total. The molecule has 0 fully saturated rings. The summed E-state index contributed by atoms with van der Waals surface area (Å²) >= 11 is 1.49. The fourth-order valence-electron chi connectivity index (χ4n) is 1.42. The van der Waals surface area contributed by atoms with Crippen LogP contribution < -0.4 is 0 Å². The van der Waals surface area contributed by atoms with Crippen LogP contribution in [0.15, 0.2) is 5.38 Å². The van der Waals surface area contributed by atoms with Gasteiger partial charge in [0.25, 0.3) is 0 Å². The van der Waals surface area contributed by atoms with Crippen LogP contribution in [-0.2, 0) is 21.3 Å². The fraction of sp³-hybridized carbons (Fsp3) is 0.727. The van der Waals surface area contributed by atoms with Crippen molar-refractivity contribution < 1.29 is 13.2 Å². The summed E-state index contributed by atoms with van der Waals surface area (Å²) in [5.74, 6) is 0.176. The van der Waals surface area contributed by atoms with E-state index >= 15 is 0 Å². The van der Waals surface area contributed by atoms with Crippen LogP contribution in [0.3, 0.4) is 0 Å². The molecule has 1 heterocycles. The van der Waals surface area contributed by atoms with E-state index in [0.29, 0.717) is 13.0 Å². The van der Waals surface area contributed by atoms with Gasteiger partial charge >= 0.3 is 0 Å². The third-order valence-electron chi connectivity index (χ3n) is 2.59. The lowest BCUT2D eigenvalue weighted by Crippen LogP contribution is -2.28. The third kappa shape index (κ3) is 4.01. The third-order valence-corrected chi connectivity index (χ3v) is 5.65. The molecular weight excluding hydrogens is 272 g/mol. The van der Waals surface area contributed by atoms with Crippen molar-refractivity contribution in [3.8, 4) is 0 Å². The van der Waals surface area contributed by atoms with E-state index in [2.05, 4.69) is 4.98 Å². The minimum atomic E-state index is -3.16. The lowest BCUT2D eigenvalue weighted by atomic mass is 10.4. The summed E-state index contributed by atoms with van der Waals surface area (Å²) in [6, 6.07) is 0. The number of methoxy groups -OCH3 is 1. The average Bonchev–Trinajstić information content (AvgIpc) is 2.76. The van der Waals surface area contributed by atoms with Gasteiger partial charge in [0, 0.05) is 19.5 Å². The molecule has 0 aliphatic carbocycles. The Balaban J connectivity index is 2.71. The molecule has 0 aliphatic rings. The van der Waals surface area contributed by atoms with Crippen LogP contribution >= 0.6 is 11.3 Å². The first-order chi connectivity index (χ1) is 8.40. The zero-order valence-electron chi connectivity index (χ0n) is 11.2. The van der Waals surface area contributed by atoms with E-state index < -0.39 is 10.0 Å². The van der Waals surface area contributed by atoms with E-state index in [-0.39, 0.29) is 11.9 Å². The molecule has 0 saturated carbocycles. The van der Waals surface area contributed by atoms with Gasteiger partial charge in [0.1, 0.15) is 11.1 Å². The molecule has 1 rings (SSSR count). The molecule has 0 aliphatic heterocycles. The number of ether oxygens (including phenoxy) is 1. The molecule has 0 aromatic carbocycles. The molecule has 18 heavy (non-hydrogen) atoms. The van der Waals surface area contributed by atoms with Crippen LogP contribution in [0.1, 0.15) is 37.1 Å². The second kappa shape index (κ2) is 6.60. The Bertz CT molecular complexity index is 470. The van der Waals surface area contributed by atoms with Gasteiger partial charge in [0.05, 0.1) is 18.0 Å². The lowest BCUT2D eigenvalue weighted by Gasteiger charge is -2.15. The van der Waals surface area contributed by atoms with Crippen LogP contribution in [0.2, 0.25) is 0 Å². The molecule has 104 valence electrons. The summed E-state index contributed by atoms with van der Waals surface area (Å²) in [7, 11) is 0.0572. The second-order valence-corrected chi connectivity index (χ2v) is 7.21. The number of hydrogen-bond donors (Lipinski definition) is 0. The number of aromatic nitrogens is 1. The number of nitrogens with zero attached hydrogens (tertiary/aromatic N) is 2. The standard InChI is InChI=1S/C11H20N2O3S2/c1-5-6-18(14,15)13(3)7-10-8-17-11(12-10)9(2)16-4/h8-9H,5-7H2,1-4H3/t9-/m1/s1. The van der Waals surface area contributed by atoms with Crippen LogP contribution in [-0.4, -0.2) is 37.6 Å². The highest BCUT2D eigenvalue weighted by atomic mass is 32.2. The highest BCUT2D eigenvalue weighted by Crippen LogP contribution is 2.21. The van der Waals surface area contributed by atoms with Crippen molar-refractivity contribution in [1.29, 1.82) is 0 Å². The molecule has 0 radical (unpaired) electrons. The van der Waals surface area contributed by atoms with E-state index in [1.165, 1.54) is 15.6 Å². The van der Waals surface area contributed by atoms with E-state index in [4.69, 9.17) is 4.74 Å².